The molecule has 1 saturated heterocycles. The minimum Gasteiger partial charge on any atom is -0.496 e. The highest BCUT2D eigenvalue weighted by molar-refractivity contribution is 5.99. The van der Waals surface area contributed by atoms with Crippen molar-refractivity contribution in [1.29, 1.82) is 0 Å². The lowest BCUT2D eigenvalue weighted by Crippen LogP contribution is -2.44. The predicted molar refractivity (Wildman–Crippen MR) is 87.0 cm³/mol. The smallest absolute Gasteiger partial charge is 0.168 e. The maximum absolute atomic E-state index is 12.5. The van der Waals surface area contributed by atoms with Crippen molar-refractivity contribution in [2.45, 2.75) is 26.4 Å². The molecule has 0 radical (unpaired) electrons. The summed E-state index contributed by atoms with van der Waals surface area (Å²) in [5, 5.41) is 3.31. The van der Waals surface area contributed by atoms with Gasteiger partial charge in [-0.05, 0) is 32.0 Å². The number of nitrogens with zero attached hydrogens (tertiary/aromatic N) is 1. The highest BCUT2D eigenvalue weighted by Gasteiger charge is 2.16. The van der Waals surface area contributed by atoms with Gasteiger partial charge in [-0.3, -0.25) is 4.79 Å². The van der Waals surface area contributed by atoms with Gasteiger partial charge in [0.25, 0.3) is 0 Å². The summed E-state index contributed by atoms with van der Waals surface area (Å²) in [6.45, 7) is 8.72. The third-order valence-electron chi connectivity index (χ3n) is 3.71. The van der Waals surface area contributed by atoms with Crippen LogP contribution in [-0.2, 0) is 0 Å². The topological polar surface area (TPSA) is 50.8 Å². The number of ketones is 1. The fourth-order valence-electron chi connectivity index (χ4n) is 2.58. The Morgan fingerprint density at radius 2 is 2.05 bits per heavy atom. The van der Waals surface area contributed by atoms with Gasteiger partial charge < -0.3 is 19.7 Å². The average molecular weight is 306 g/mol. The number of hydrogen-bond acceptors (Lipinski definition) is 5. The first-order chi connectivity index (χ1) is 10.6. The Bertz CT molecular complexity index is 497. The van der Waals surface area contributed by atoms with Crippen LogP contribution in [-0.4, -0.2) is 56.6 Å². The van der Waals surface area contributed by atoms with E-state index in [1.165, 1.54) is 0 Å². The SMILES string of the molecule is COc1ccc(OC(C)C)cc1C(=O)CCN1CCNCC1. The van der Waals surface area contributed by atoms with Gasteiger partial charge in [-0.1, -0.05) is 0 Å². The molecule has 1 fully saturated rings. The summed E-state index contributed by atoms with van der Waals surface area (Å²) in [7, 11) is 1.59. The maximum Gasteiger partial charge on any atom is 0.168 e. The average Bonchev–Trinajstić information content (AvgIpc) is 2.53. The molecular formula is C17H26N2O3. The van der Waals surface area contributed by atoms with E-state index in [2.05, 4.69) is 10.2 Å². The predicted octanol–water partition coefficient (Wildman–Crippen LogP) is 1.96. The van der Waals surface area contributed by atoms with Gasteiger partial charge in [-0.15, -0.1) is 0 Å². The second-order valence-corrected chi connectivity index (χ2v) is 5.79. The first-order valence-electron chi connectivity index (χ1n) is 7.91. The normalized spacial score (nSPS) is 15.8. The number of ether oxygens (including phenoxy) is 2. The molecule has 0 bridgehead atoms. The molecule has 5 nitrogen and oxygen atoms in total. The van der Waals surface area contributed by atoms with Crippen LogP contribution in [0.1, 0.15) is 30.6 Å². The van der Waals surface area contributed by atoms with Gasteiger partial charge in [-0.2, -0.15) is 0 Å². The Morgan fingerprint density at radius 3 is 2.68 bits per heavy atom. The molecule has 0 amide bonds. The lowest BCUT2D eigenvalue weighted by molar-refractivity contribution is 0.0957. The molecular weight excluding hydrogens is 280 g/mol. The third-order valence-corrected chi connectivity index (χ3v) is 3.71. The molecule has 1 aliphatic rings. The molecule has 1 aromatic carbocycles. The zero-order valence-electron chi connectivity index (χ0n) is 13.7. The monoisotopic (exact) mass is 306 g/mol. The van der Waals surface area contributed by atoms with Crippen molar-refractivity contribution in [3.8, 4) is 11.5 Å². The zero-order valence-corrected chi connectivity index (χ0v) is 13.7. The van der Waals surface area contributed by atoms with E-state index in [0.717, 1.165) is 32.7 Å². The van der Waals surface area contributed by atoms with Crippen LogP contribution in [0, 0.1) is 0 Å². The van der Waals surface area contributed by atoms with E-state index < -0.39 is 0 Å². The quantitative estimate of drug-likeness (QED) is 0.781. The molecule has 22 heavy (non-hydrogen) atoms. The van der Waals surface area contributed by atoms with Crippen LogP contribution in [0.4, 0.5) is 0 Å². The summed E-state index contributed by atoms with van der Waals surface area (Å²) in [5.41, 5.74) is 0.607. The highest BCUT2D eigenvalue weighted by atomic mass is 16.5. The van der Waals surface area contributed by atoms with Crippen molar-refractivity contribution >= 4 is 5.78 Å². The molecule has 0 aliphatic carbocycles. The van der Waals surface area contributed by atoms with Gasteiger partial charge in [0, 0.05) is 39.1 Å². The molecule has 0 saturated carbocycles. The van der Waals surface area contributed by atoms with Crippen LogP contribution in [0.25, 0.3) is 0 Å². The maximum atomic E-state index is 12.5. The van der Waals surface area contributed by atoms with Gasteiger partial charge in [0.2, 0.25) is 0 Å². The van der Waals surface area contributed by atoms with E-state index in [1.807, 2.05) is 19.9 Å². The Balaban J connectivity index is 2.02. The second kappa shape index (κ2) is 8.15. The Labute approximate surface area is 132 Å². The van der Waals surface area contributed by atoms with Crippen molar-refractivity contribution in [3.05, 3.63) is 23.8 Å². The van der Waals surface area contributed by atoms with Gasteiger partial charge in [0.05, 0.1) is 18.8 Å². The second-order valence-electron chi connectivity index (χ2n) is 5.79. The molecule has 0 atom stereocenters. The molecule has 0 aromatic heterocycles. The molecule has 2 rings (SSSR count). The van der Waals surface area contributed by atoms with Crippen LogP contribution in [0.5, 0.6) is 11.5 Å². The summed E-state index contributed by atoms with van der Waals surface area (Å²) in [5.74, 6) is 1.42. The first kappa shape index (κ1) is 16.8. The van der Waals surface area contributed by atoms with E-state index >= 15 is 0 Å². The van der Waals surface area contributed by atoms with Crippen LogP contribution in [0.2, 0.25) is 0 Å². The lowest BCUT2D eigenvalue weighted by atomic mass is 10.1. The molecule has 0 spiro atoms. The van der Waals surface area contributed by atoms with E-state index in [4.69, 9.17) is 9.47 Å². The van der Waals surface area contributed by atoms with E-state index in [9.17, 15) is 4.79 Å². The molecule has 1 N–H and O–H groups in total. The molecule has 1 aliphatic heterocycles. The lowest BCUT2D eigenvalue weighted by Gasteiger charge is -2.26. The number of carbonyl (C=O) groups is 1. The fraction of sp³-hybridized carbons (Fsp3) is 0.588. The Kier molecular flexibility index (Phi) is 6.21. The number of carbonyl (C=O) groups excluding carboxylic acids is 1. The fourth-order valence-corrected chi connectivity index (χ4v) is 2.58. The summed E-state index contributed by atoms with van der Waals surface area (Å²) in [6, 6.07) is 5.43. The molecule has 0 unspecified atom stereocenters. The summed E-state index contributed by atoms with van der Waals surface area (Å²) in [4.78, 5) is 14.8. The number of Topliss-reactive ketones (excluding diaryl/α,β-unsaturated/α-hetero) is 1. The van der Waals surface area contributed by atoms with Crippen molar-refractivity contribution in [1.82, 2.24) is 10.2 Å². The van der Waals surface area contributed by atoms with Crippen molar-refractivity contribution in [2.24, 2.45) is 0 Å². The van der Waals surface area contributed by atoms with Crippen LogP contribution < -0.4 is 14.8 Å². The molecule has 1 heterocycles. The minimum atomic E-state index is 0.0807. The Morgan fingerprint density at radius 1 is 1.32 bits per heavy atom. The van der Waals surface area contributed by atoms with Gasteiger partial charge in [-0.25, -0.2) is 0 Å². The third kappa shape index (κ3) is 4.71. The van der Waals surface area contributed by atoms with Gasteiger partial charge >= 0.3 is 0 Å². The number of hydrogen-bond donors (Lipinski definition) is 1. The van der Waals surface area contributed by atoms with Gasteiger partial charge in [0.15, 0.2) is 5.78 Å². The van der Waals surface area contributed by atoms with Gasteiger partial charge in [0.1, 0.15) is 11.5 Å². The molecule has 1 aromatic rings. The summed E-state index contributed by atoms with van der Waals surface area (Å²) in [6.07, 6.45) is 0.582. The van der Waals surface area contributed by atoms with E-state index in [-0.39, 0.29) is 11.9 Å². The summed E-state index contributed by atoms with van der Waals surface area (Å²) >= 11 is 0. The molecule has 5 heteroatoms. The summed E-state index contributed by atoms with van der Waals surface area (Å²) < 4.78 is 11.0. The van der Waals surface area contributed by atoms with Crippen LogP contribution >= 0.6 is 0 Å². The van der Waals surface area contributed by atoms with E-state index in [0.29, 0.717) is 23.5 Å². The number of benzene rings is 1. The highest BCUT2D eigenvalue weighted by Crippen LogP contribution is 2.26. The molecule has 122 valence electrons. The number of nitrogens with one attached hydrogen (secondary N) is 1. The van der Waals surface area contributed by atoms with Crippen LogP contribution in [0.15, 0.2) is 18.2 Å². The Hall–Kier alpha value is -1.59. The van der Waals surface area contributed by atoms with Crippen molar-refractivity contribution < 1.29 is 14.3 Å². The number of methoxy groups -OCH3 is 1. The standard InChI is InChI=1S/C17H26N2O3/c1-13(2)22-14-4-5-17(21-3)15(12-14)16(20)6-9-19-10-7-18-8-11-19/h4-5,12-13,18H,6-11H2,1-3H3. The first-order valence-corrected chi connectivity index (χ1v) is 7.91. The zero-order chi connectivity index (χ0) is 15.9. The largest absolute Gasteiger partial charge is 0.496 e. The van der Waals surface area contributed by atoms with Crippen molar-refractivity contribution in [2.75, 3.05) is 39.8 Å². The van der Waals surface area contributed by atoms with Crippen LogP contribution in [0.3, 0.4) is 0 Å². The number of rotatable bonds is 7. The minimum absolute atomic E-state index is 0.0807. The van der Waals surface area contributed by atoms with Crippen molar-refractivity contribution in [3.63, 3.8) is 0 Å². The van der Waals surface area contributed by atoms with E-state index in [1.54, 1.807) is 19.2 Å². The number of piperazine rings is 1.